The lowest BCUT2D eigenvalue weighted by atomic mass is 10.2. The second-order valence-electron chi connectivity index (χ2n) is 5.51. The average Bonchev–Trinajstić information content (AvgIpc) is 2.56. The number of amides is 1. The van der Waals surface area contributed by atoms with Crippen molar-refractivity contribution >= 4 is 22.6 Å². The number of aromatic amines is 1. The quantitative estimate of drug-likeness (QED) is 0.762. The van der Waals surface area contributed by atoms with Gasteiger partial charge in [-0.15, -0.1) is 0 Å². The molecule has 0 aliphatic carbocycles. The van der Waals surface area contributed by atoms with Crippen LogP contribution in [0.4, 0.5) is 0 Å². The Morgan fingerprint density at radius 2 is 1.83 bits per heavy atom. The Balaban J connectivity index is 2.04. The summed E-state index contributed by atoms with van der Waals surface area (Å²) >= 11 is 0. The highest BCUT2D eigenvalue weighted by molar-refractivity contribution is 5.80. The molecule has 1 aromatic heterocycles. The maximum atomic E-state index is 12.3. The van der Waals surface area contributed by atoms with Crippen LogP contribution < -0.4 is 11.1 Å². The highest BCUT2D eigenvalue weighted by Crippen LogP contribution is 2.03. The largest absolute Gasteiger partial charge is 0.481 e. The van der Waals surface area contributed by atoms with Gasteiger partial charge in [0, 0.05) is 26.4 Å². The molecule has 24 heavy (non-hydrogen) atoms. The van der Waals surface area contributed by atoms with E-state index in [2.05, 4.69) is 5.10 Å². The summed E-state index contributed by atoms with van der Waals surface area (Å²) in [5.74, 6) is -1.13. The van der Waals surface area contributed by atoms with E-state index in [-0.39, 0.29) is 36.4 Å². The van der Waals surface area contributed by atoms with Crippen molar-refractivity contribution in [2.24, 2.45) is 0 Å². The molecule has 0 unspecified atom stereocenters. The zero-order valence-corrected chi connectivity index (χ0v) is 13.3. The first-order valence-corrected chi connectivity index (χ1v) is 7.58. The van der Waals surface area contributed by atoms with E-state index in [0.29, 0.717) is 23.7 Å². The monoisotopic (exact) mass is 333 g/mol. The first-order chi connectivity index (χ1) is 11.4. The third-order valence-electron chi connectivity index (χ3n) is 3.74. The summed E-state index contributed by atoms with van der Waals surface area (Å²) < 4.78 is 1.13. The van der Waals surface area contributed by atoms with Gasteiger partial charge in [0.25, 0.3) is 11.1 Å². The van der Waals surface area contributed by atoms with Crippen molar-refractivity contribution in [3.8, 4) is 0 Å². The number of hydrogen-bond acceptors (Lipinski definition) is 4. The fraction of sp³-hybridized carbons (Fsp3) is 0.375. The van der Waals surface area contributed by atoms with Crippen molar-refractivity contribution in [2.45, 2.75) is 25.8 Å². The van der Waals surface area contributed by atoms with Crippen molar-refractivity contribution in [1.82, 2.24) is 14.7 Å². The predicted molar refractivity (Wildman–Crippen MR) is 88.0 cm³/mol. The zero-order chi connectivity index (χ0) is 17.7. The lowest BCUT2D eigenvalue weighted by Gasteiger charge is -2.17. The number of carbonyl (C=O) groups is 2. The van der Waals surface area contributed by atoms with Crippen LogP contribution in [0.25, 0.3) is 10.8 Å². The molecule has 0 saturated heterocycles. The third-order valence-corrected chi connectivity index (χ3v) is 3.74. The Labute approximate surface area is 137 Å². The molecule has 128 valence electrons. The molecule has 0 spiro atoms. The number of rotatable bonds is 7. The highest BCUT2D eigenvalue weighted by atomic mass is 16.4. The summed E-state index contributed by atoms with van der Waals surface area (Å²) in [4.78, 5) is 48.2. The number of hydrogen-bond donors (Lipinski definition) is 2. The van der Waals surface area contributed by atoms with Crippen LogP contribution >= 0.6 is 0 Å². The van der Waals surface area contributed by atoms with Gasteiger partial charge in [0.15, 0.2) is 0 Å². The molecule has 1 heterocycles. The average molecular weight is 333 g/mol. The van der Waals surface area contributed by atoms with Crippen LogP contribution in [-0.4, -0.2) is 45.3 Å². The minimum atomic E-state index is -0.906. The Morgan fingerprint density at radius 3 is 2.50 bits per heavy atom. The van der Waals surface area contributed by atoms with Gasteiger partial charge in [-0.3, -0.25) is 24.3 Å². The van der Waals surface area contributed by atoms with Gasteiger partial charge in [0.05, 0.1) is 17.3 Å². The van der Waals surface area contributed by atoms with E-state index in [4.69, 9.17) is 5.11 Å². The van der Waals surface area contributed by atoms with Crippen LogP contribution in [0.15, 0.2) is 33.9 Å². The maximum absolute atomic E-state index is 12.3. The van der Waals surface area contributed by atoms with Gasteiger partial charge in [-0.1, -0.05) is 12.1 Å². The molecular weight excluding hydrogens is 314 g/mol. The summed E-state index contributed by atoms with van der Waals surface area (Å²) in [5.41, 5.74) is -0.737. The number of H-pyrrole nitrogens is 1. The second kappa shape index (κ2) is 7.58. The molecule has 0 aliphatic rings. The minimum Gasteiger partial charge on any atom is -0.481 e. The van der Waals surface area contributed by atoms with Crippen LogP contribution in [0.5, 0.6) is 0 Å². The number of aromatic nitrogens is 2. The first-order valence-electron chi connectivity index (χ1n) is 7.58. The van der Waals surface area contributed by atoms with Crippen molar-refractivity contribution in [3.05, 3.63) is 45.0 Å². The van der Waals surface area contributed by atoms with Gasteiger partial charge in [-0.25, -0.2) is 4.68 Å². The molecule has 0 aliphatic heterocycles. The minimum absolute atomic E-state index is 0.00489. The summed E-state index contributed by atoms with van der Waals surface area (Å²) in [7, 11) is 1.58. The standard InChI is InChI=1S/C16H19N3O5/c1-18(9-4-7-14(21)22)13(20)8-10-19-16(24)12-6-3-2-5-11(12)15(23)17-19/h2-3,5-6H,4,7-10H2,1H3,(H,17,23)(H,21,22). The number of aliphatic carboxylic acids is 1. The fourth-order valence-corrected chi connectivity index (χ4v) is 2.39. The Bertz CT molecular complexity index is 868. The molecule has 8 nitrogen and oxygen atoms in total. The molecule has 0 atom stereocenters. The van der Waals surface area contributed by atoms with Crippen molar-refractivity contribution in [1.29, 1.82) is 0 Å². The number of carbonyl (C=O) groups excluding carboxylic acids is 1. The highest BCUT2D eigenvalue weighted by Gasteiger charge is 2.12. The number of benzene rings is 1. The van der Waals surface area contributed by atoms with E-state index < -0.39 is 5.97 Å². The van der Waals surface area contributed by atoms with Crippen LogP contribution in [0.1, 0.15) is 19.3 Å². The molecule has 2 rings (SSSR count). The Morgan fingerprint density at radius 1 is 1.17 bits per heavy atom. The maximum Gasteiger partial charge on any atom is 0.303 e. The van der Waals surface area contributed by atoms with Crippen molar-refractivity contribution in [2.75, 3.05) is 13.6 Å². The molecule has 0 radical (unpaired) electrons. The first kappa shape index (κ1) is 17.5. The molecule has 0 bridgehead atoms. The predicted octanol–water partition coefficient (Wildman–Crippen LogP) is 0.403. The molecule has 0 saturated carbocycles. The Kier molecular flexibility index (Phi) is 5.51. The molecule has 8 heteroatoms. The fourth-order valence-electron chi connectivity index (χ4n) is 2.39. The van der Waals surface area contributed by atoms with Crippen molar-refractivity contribution < 1.29 is 14.7 Å². The summed E-state index contributed by atoms with van der Waals surface area (Å²) in [5, 5.41) is 11.7. The van der Waals surface area contributed by atoms with Gasteiger partial charge in [-0.2, -0.15) is 0 Å². The van der Waals surface area contributed by atoms with Crippen LogP contribution in [0.2, 0.25) is 0 Å². The van der Waals surface area contributed by atoms with Crippen molar-refractivity contribution in [3.63, 3.8) is 0 Å². The number of aryl methyl sites for hydroxylation is 1. The number of nitrogens with one attached hydrogen (secondary N) is 1. The molecule has 1 aromatic carbocycles. The van der Waals surface area contributed by atoms with E-state index in [0.717, 1.165) is 4.68 Å². The van der Waals surface area contributed by atoms with Gasteiger partial charge in [0.1, 0.15) is 0 Å². The number of carboxylic acid groups (broad SMARTS) is 1. The molecule has 2 N–H and O–H groups in total. The molecular formula is C16H19N3O5. The second-order valence-corrected chi connectivity index (χ2v) is 5.51. The van der Waals surface area contributed by atoms with Gasteiger partial charge in [-0.05, 0) is 18.6 Å². The summed E-state index contributed by atoms with van der Waals surface area (Å²) in [6, 6.07) is 6.50. The van der Waals surface area contributed by atoms with E-state index in [9.17, 15) is 19.2 Å². The Hall–Kier alpha value is -2.90. The van der Waals surface area contributed by atoms with E-state index in [1.165, 1.54) is 4.90 Å². The van der Waals surface area contributed by atoms with Gasteiger partial charge in [0.2, 0.25) is 5.91 Å². The molecule has 1 amide bonds. The topological polar surface area (TPSA) is 112 Å². The number of fused-ring (bicyclic) bond motifs is 1. The van der Waals surface area contributed by atoms with Gasteiger partial charge >= 0.3 is 5.97 Å². The van der Waals surface area contributed by atoms with Gasteiger partial charge < -0.3 is 10.0 Å². The van der Waals surface area contributed by atoms with Crippen LogP contribution in [0.3, 0.4) is 0 Å². The smallest absolute Gasteiger partial charge is 0.303 e. The SMILES string of the molecule is CN(CCCC(=O)O)C(=O)CCn1[nH]c(=O)c2ccccc2c1=O. The van der Waals surface area contributed by atoms with E-state index in [1.807, 2.05) is 0 Å². The normalized spacial score (nSPS) is 10.7. The van der Waals surface area contributed by atoms with Crippen LogP contribution in [-0.2, 0) is 16.1 Å². The van der Waals surface area contributed by atoms with Crippen LogP contribution in [0, 0.1) is 0 Å². The molecule has 0 fully saturated rings. The summed E-state index contributed by atoms with van der Waals surface area (Å²) in [6.45, 7) is 0.384. The lowest BCUT2D eigenvalue weighted by Crippen LogP contribution is -2.33. The summed E-state index contributed by atoms with van der Waals surface area (Å²) in [6.07, 6.45) is 0.400. The number of carboxylic acids is 1. The third kappa shape index (κ3) is 4.09. The van der Waals surface area contributed by atoms with E-state index >= 15 is 0 Å². The molecule has 2 aromatic rings. The number of nitrogens with zero attached hydrogens (tertiary/aromatic N) is 2. The van der Waals surface area contributed by atoms with E-state index in [1.54, 1.807) is 31.3 Å². The lowest BCUT2D eigenvalue weighted by molar-refractivity contribution is -0.138. The zero-order valence-electron chi connectivity index (χ0n) is 13.3.